The van der Waals surface area contributed by atoms with Crippen LogP contribution < -0.4 is 0 Å². The Morgan fingerprint density at radius 2 is 2.30 bits per heavy atom. The number of carbonyl (C=O) groups excluding carboxylic acids is 1. The van der Waals surface area contributed by atoms with Crippen molar-refractivity contribution in [2.75, 3.05) is 6.61 Å². The topological polar surface area (TPSA) is 57.0 Å². The summed E-state index contributed by atoms with van der Waals surface area (Å²) in [6, 6.07) is 2.00. The molecule has 0 atom stereocenters. The number of halogens is 1. The zero-order valence-corrected chi connectivity index (χ0v) is 13.8. The van der Waals surface area contributed by atoms with Gasteiger partial charge < -0.3 is 4.74 Å². The van der Waals surface area contributed by atoms with Crippen LogP contribution in [0.1, 0.15) is 41.3 Å². The predicted octanol–water partition coefficient (Wildman–Crippen LogP) is 3.28. The van der Waals surface area contributed by atoms with Crippen molar-refractivity contribution in [3.05, 3.63) is 32.2 Å². The first kappa shape index (κ1) is 15.2. The van der Waals surface area contributed by atoms with Crippen LogP contribution in [-0.4, -0.2) is 27.6 Å². The molecule has 0 fully saturated rings. The van der Waals surface area contributed by atoms with Gasteiger partial charge in [-0.25, -0.2) is 9.48 Å². The molecule has 0 saturated carbocycles. The van der Waals surface area contributed by atoms with Gasteiger partial charge in [-0.15, -0.1) is 16.4 Å². The van der Waals surface area contributed by atoms with E-state index in [0.29, 0.717) is 18.8 Å². The second-order valence-corrected chi connectivity index (χ2v) is 6.06. The fraction of sp³-hybridized carbons (Fsp3) is 0.462. The molecule has 0 N–H and O–H groups in total. The quantitative estimate of drug-likeness (QED) is 0.744. The van der Waals surface area contributed by atoms with Gasteiger partial charge in [0.1, 0.15) is 0 Å². The maximum atomic E-state index is 11.9. The van der Waals surface area contributed by atoms with E-state index >= 15 is 0 Å². The van der Waals surface area contributed by atoms with Crippen molar-refractivity contribution in [1.29, 1.82) is 0 Å². The molecule has 0 saturated heterocycles. The van der Waals surface area contributed by atoms with Crippen molar-refractivity contribution >= 4 is 33.2 Å². The van der Waals surface area contributed by atoms with Gasteiger partial charge in [0.2, 0.25) is 0 Å². The number of esters is 1. The number of nitrogens with zero attached hydrogens (tertiary/aromatic N) is 3. The highest BCUT2D eigenvalue weighted by molar-refractivity contribution is 9.10. The van der Waals surface area contributed by atoms with E-state index in [9.17, 15) is 4.79 Å². The predicted molar refractivity (Wildman–Crippen MR) is 81.1 cm³/mol. The van der Waals surface area contributed by atoms with Crippen LogP contribution in [0.3, 0.4) is 0 Å². The van der Waals surface area contributed by atoms with Crippen LogP contribution >= 0.6 is 27.3 Å². The Balaban J connectivity index is 2.29. The number of thiophene rings is 1. The van der Waals surface area contributed by atoms with E-state index in [1.165, 1.54) is 0 Å². The molecule has 5 nitrogen and oxygen atoms in total. The molecule has 0 aliphatic rings. The zero-order valence-electron chi connectivity index (χ0n) is 11.4. The van der Waals surface area contributed by atoms with Gasteiger partial charge in [-0.3, -0.25) is 0 Å². The Kier molecular flexibility index (Phi) is 5.31. The number of hydrogen-bond acceptors (Lipinski definition) is 5. The van der Waals surface area contributed by atoms with Crippen molar-refractivity contribution in [1.82, 2.24) is 15.0 Å². The van der Waals surface area contributed by atoms with Crippen LogP contribution in [-0.2, 0) is 17.7 Å². The van der Waals surface area contributed by atoms with Gasteiger partial charge in [0.25, 0.3) is 0 Å². The number of aromatic nitrogens is 3. The Hall–Kier alpha value is -1.21. The zero-order chi connectivity index (χ0) is 14.5. The summed E-state index contributed by atoms with van der Waals surface area (Å²) >= 11 is 5.15. The molecule has 0 bridgehead atoms. The molecule has 0 amide bonds. The molecule has 20 heavy (non-hydrogen) atoms. The average molecular weight is 358 g/mol. The van der Waals surface area contributed by atoms with E-state index < -0.39 is 5.97 Å². The molecule has 0 unspecified atom stereocenters. The first-order valence-corrected chi connectivity index (χ1v) is 8.16. The number of ether oxygens (including phenoxy) is 1. The van der Waals surface area contributed by atoms with E-state index in [1.54, 1.807) is 22.9 Å². The van der Waals surface area contributed by atoms with Crippen LogP contribution in [0.2, 0.25) is 0 Å². The lowest BCUT2D eigenvalue weighted by atomic mass is 10.2. The van der Waals surface area contributed by atoms with Gasteiger partial charge in [0.05, 0.1) is 18.8 Å². The lowest BCUT2D eigenvalue weighted by Crippen LogP contribution is -2.11. The van der Waals surface area contributed by atoms with Gasteiger partial charge in [0, 0.05) is 9.35 Å². The summed E-state index contributed by atoms with van der Waals surface area (Å²) < 4.78 is 7.86. The van der Waals surface area contributed by atoms with Crippen molar-refractivity contribution < 1.29 is 9.53 Å². The second kappa shape index (κ2) is 6.99. The van der Waals surface area contributed by atoms with Gasteiger partial charge >= 0.3 is 5.97 Å². The summed E-state index contributed by atoms with van der Waals surface area (Å²) in [5.74, 6) is -0.396. The highest BCUT2D eigenvalue weighted by atomic mass is 79.9. The smallest absolute Gasteiger partial charge is 0.360 e. The lowest BCUT2D eigenvalue weighted by Gasteiger charge is -2.06. The Morgan fingerprint density at radius 3 is 2.90 bits per heavy atom. The third kappa shape index (κ3) is 3.27. The molecule has 0 spiro atoms. The maximum absolute atomic E-state index is 11.9. The van der Waals surface area contributed by atoms with Gasteiger partial charge in [-0.1, -0.05) is 18.6 Å². The van der Waals surface area contributed by atoms with E-state index in [-0.39, 0.29) is 0 Å². The molecule has 0 radical (unpaired) electrons. The van der Waals surface area contributed by atoms with Gasteiger partial charge in [-0.2, -0.15) is 0 Å². The molecular weight excluding hydrogens is 342 g/mol. The highest BCUT2D eigenvalue weighted by Gasteiger charge is 2.20. The molecule has 2 aromatic rings. The van der Waals surface area contributed by atoms with Gasteiger partial charge in [-0.05, 0) is 40.7 Å². The number of carbonyl (C=O) groups is 1. The third-order valence-corrected chi connectivity index (χ3v) is 4.69. The van der Waals surface area contributed by atoms with E-state index in [2.05, 4.69) is 33.2 Å². The van der Waals surface area contributed by atoms with Gasteiger partial charge in [0.15, 0.2) is 5.69 Å². The molecule has 2 aromatic heterocycles. The SMILES string of the molecule is CCCc1c(C(=O)OCC)nnn1Cc1sccc1Br. The minimum atomic E-state index is -0.396. The van der Waals surface area contributed by atoms with Crippen LogP contribution in [0.4, 0.5) is 0 Å². The molecule has 2 rings (SSSR count). The van der Waals surface area contributed by atoms with Crippen molar-refractivity contribution in [2.45, 2.75) is 33.2 Å². The lowest BCUT2D eigenvalue weighted by molar-refractivity contribution is 0.0518. The summed E-state index contributed by atoms with van der Waals surface area (Å²) in [6.45, 7) is 4.80. The summed E-state index contributed by atoms with van der Waals surface area (Å²) in [4.78, 5) is 13.0. The van der Waals surface area contributed by atoms with Crippen LogP contribution in [0, 0.1) is 0 Å². The Bertz CT molecular complexity index is 594. The first-order chi connectivity index (χ1) is 9.67. The fourth-order valence-electron chi connectivity index (χ4n) is 1.88. The number of hydrogen-bond donors (Lipinski definition) is 0. The van der Waals surface area contributed by atoms with Crippen molar-refractivity contribution in [3.8, 4) is 0 Å². The van der Waals surface area contributed by atoms with Crippen LogP contribution in [0.15, 0.2) is 15.9 Å². The van der Waals surface area contributed by atoms with Crippen LogP contribution in [0.25, 0.3) is 0 Å². The molecule has 7 heteroatoms. The normalized spacial score (nSPS) is 10.8. The fourth-order valence-corrected chi connectivity index (χ4v) is 3.33. The largest absolute Gasteiger partial charge is 0.461 e. The summed E-state index contributed by atoms with van der Waals surface area (Å²) in [5, 5.41) is 10.1. The summed E-state index contributed by atoms with van der Waals surface area (Å²) in [5.41, 5.74) is 1.17. The second-order valence-electron chi connectivity index (χ2n) is 4.20. The van der Waals surface area contributed by atoms with E-state index in [4.69, 9.17) is 4.74 Å². The minimum absolute atomic E-state index is 0.335. The van der Waals surface area contributed by atoms with Crippen LogP contribution in [0.5, 0.6) is 0 Å². The maximum Gasteiger partial charge on any atom is 0.360 e. The summed E-state index contributed by atoms with van der Waals surface area (Å²) in [7, 11) is 0. The standard InChI is InChI=1S/C13H16BrN3O2S/c1-3-5-10-12(13(18)19-4-2)15-16-17(10)8-11-9(14)6-7-20-11/h6-7H,3-5,8H2,1-2H3. The Morgan fingerprint density at radius 1 is 1.50 bits per heavy atom. The monoisotopic (exact) mass is 357 g/mol. The molecule has 0 aliphatic carbocycles. The van der Waals surface area contributed by atoms with E-state index in [1.807, 2.05) is 11.4 Å². The van der Waals surface area contributed by atoms with Crippen molar-refractivity contribution in [2.24, 2.45) is 0 Å². The minimum Gasteiger partial charge on any atom is -0.461 e. The van der Waals surface area contributed by atoms with E-state index in [0.717, 1.165) is 27.9 Å². The molecule has 0 aliphatic heterocycles. The first-order valence-electron chi connectivity index (χ1n) is 6.48. The molecular formula is C13H16BrN3O2S. The highest BCUT2D eigenvalue weighted by Crippen LogP contribution is 2.24. The third-order valence-electron chi connectivity index (χ3n) is 2.78. The number of rotatable bonds is 6. The summed E-state index contributed by atoms with van der Waals surface area (Å²) in [6.07, 6.45) is 1.68. The molecule has 0 aromatic carbocycles. The van der Waals surface area contributed by atoms with Crippen molar-refractivity contribution in [3.63, 3.8) is 0 Å². The molecule has 2 heterocycles. The molecule has 108 valence electrons. The average Bonchev–Trinajstić information content (AvgIpc) is 2.99. The Labute approximate surface area is 130 Å².